The molecule has 1 aromatic carbocycles. The summed E-state index contributed by atoms with van der Waals surface area (Å²) >= 11 is 6.85. The number of aromatic nitrogens is 3. The summed E-state index contributed by atoms with van der Waals surface area (Å²) < 4.78 is 11.9. The molecule has 0 aliphatic heterocycles. The molecule has 0 amide bonds. The number of hydrogen-bond donors (Lipinski definition) is 3. The van der Waals surface area contributed by atoms with E-state index in [0.717, 1.165) is 8.95 Å². The van der Waals surface area contributed by atoms with E-state index in [-0.39, 0.29) is 17.9 Å². The second-order valence-electron chi connectivity index (χ2n) is 3.71. The van der Waals surface area contributed by atoms with Gasteiger partial charge in [0.15, 0.2) is 0 Å². The molecule has 0 bridgehead atoms. The molecular weight excluding hydrogens is 408 g/mol. The topological polar surface area (TPSA) is 107 Å². The zero-order valence-electron chi connectivity index (χ0n) is 11.1. The van der Waals surface area contributed by atoms with Gasteiger partial charge in [-0.1, -0.05) is 0 Å². The van der Waals surface area contributed by atoms with Gasteiger partial charge in [-0.05, 0) is 37.9 Å². The molecule has 1 heterocycles. The van der Waals surface area contributed by atoms with Crippen molar-refractivity contribution in [3.63, 3.8) is 0 Å². The zero-order valence-corrected chi connectivity index (χ0v) is 14.3. The highest BCUT2D eigenvalue weighted by atomic mass is 79.9. The molecule has 0 spiro atoms. The maximum absolute atomic E-state index is 5.31. The van der Waals surface area contributed by atoms with Crippen LogP contribution >= 0.6 is 31.9 Å². The average molecular weight is 420 g/mol. The number of ether oxygens (including phenoxy) is 2. The number of nitrogens with zero attached hydrogens (tertiary/aromatic N) is 3. The Balaban J connectivity index is 2.37. The summed E-state index contributed by atoms with van der Waals surface area (Å²) in [6.45, 7) is 0. The molecule has 21 heavy (non-hydrogen) atoms. The van der Waals surface area contributed by atoms with Gasteiger partial charge < -0.3 is 14.8 Å². The number of methoxy groups -OCH3 is 2. The fourth-order valence-electron chi connectivity index (χ4n) is 1.47. The number of anilines is 3. The number of nitrogen functional groups attached to an aromatic ring is 1. The van der Waals surface area contributed by atoms with Crippen molar-refractivity contribution in [2.75, 3.05) is 25.0 Å². The van der Waals surface area contributed by atoms with Crippen molar-refractivity contribution in [1.82, 2.24) is 15.0 Å². The summed E-state index contributed by atoms with van der Waals surface area (Å²) in [7, 11) is 3.04. The first kappa shape index (κ1) is 15.7. The highest BCUT2D eigenvalue weighted by Gasteiger charge is 2.11. The van der Waals surface area contributed by atoms with Crippen LogP contribution in [0.25, 0.3) is 0 Å². The lowest BCUT2D eigenvalue weighted by Crippen LogP contribution is -2.13. The van der Waals surface area contributed by atoms with Gasteiger partial charge in [-0.3, -0.25) is 5.43 Å². The summed E-state index contributed by atoms with van der Waals surface area (Å²) in [6.07, 6.45) is 0. The van der Waals surface area contributed by atoms with Crippen LogP contribution in [-0.4, -0.2) is 29.2 Å². The Morgan fingerprint density at radius 1 is 1.00 bits per heavy atom. The van der Waals surface area contributed by atoms with Crippen LogP contribution in [0.4, 0.5) is 17.6 Å². The van der Waals surface area contributed by atoms with E-state index in [1.54, 1.807) is 13.2 Å². The van der Waals surface area contributed by atoms with E-state index < -0.39 is 0 Å². The van der Waals surface area contributed by atoms with Crippen molar-refractivity contribution < 1.29 is 9.47 Å². The molecule has 0 unspecified atom stereocenters. The number of nitrogens with one attached hydrogen (secondary N) is 2. The van der Waals surface area contributed by atoms with Crippen molar-refractivity contribution >= 4 is 49.4 Å². The minimum Gasteiger partial charge on any atom is -0.495 e. The number of halogens is 2. The lowest BCUT2D eigenvalue weighted by Gasteiger charge is -2.11. The molecule has 0 radical (unpaired) electrons. The molecule has 2 rings (SSSR count). The smallest absolute Gasteiger partial charge is 0.322 e. The molecule has 0 saturated carbocycles. The molecule has 8 nitrogen and oxygen atoms in total. The fraction of sp³-hybridized carbons (Fsp3) is 0.182. The first-order valence-corrected chi connectivity index (χ1v) is 7.22. The minimum atomic E-state index is 0.139. The summed E-state index contributed by atoms with van der Waals surface area (Å²) in [6, 6.07) is 3.78. The molecule has 4 N–H and O–H groups in total. The van der Waals surface area contributed by atoms with Crippen molar-refractivity contribution in [2.45, 2.75) is 0 Å². The molecule has 2 aromatic rings. The molecule has 0 saturated heterocycles. The van der Waals surface area contributed by atoms with Gasteiger partial charge in [-0.15, -0.1) is 0 Å². The van der Waals surface area contributed by atoms with Crippen LogP contribution in [0.1, 0.15) is 0 Å². The summed E-state index contributed by atoms with van der Waals surface area (Å²) in [5.41, 5.74) is 3.06. The van der Waals surface area contributed by atoms with E-state index in [0.29, 0.717) is 11.4 Å². The Bertz CT molecular complexity index is 633. The molecule has 0 atom stereocenters. The van der Waals surface area contributed by atoms with Crippen molar-refractivity contribution in [2.24, 2.45) is 5.84 Å². The Labute approximate surface area is 137 Å². The molecule has 0 aliphatic carbocycles. The van der Waals surface area contributed by atoms with E-state index >= 15 is 0 Å². The summed E-state index contributed by atoms with van der Waals surface area (Å²) in [5, 5.41) is 3.04. The normalized spacial score (nSPS) is 10.1. The van der Waals surface area contributed by atoms with Crippen molar-refractivity contribution in [3.8, 4) is 11.8 Å². The Morgan fingerprint density at radius 2 is 1.71 bits per heavy atom. The van der Waals surface area contributed by atoms with Gasteiger partial charge >= 0.3 is 6.01 Å². The maximum Gasteiger partial charge on any atom is 0.322 e. The molecular formula is C11H12Br2N6O2. The third-order valence-corrected chi connectivity index (χ3v) is 3.69. The lowest BCUT2D eigenvalue weighted by molar-refractivity contribution is 0.379. The van der Waals surface area contributed by atoms with Gasteiger partial charge in [0.25, 0.3) is 0 Å². The van der Waals surface area contributed by atoms with Crippen LogP contribution in [-0.2, 0) is 0 Å². The third kappa shape index (κ3) is 3.71. The van der Waals surface area contributed by atoms with Crippen LogP contribution in [0.15, 0.2) is 21.1 Å². The van der Waals surface area contributed by atoms with E-state index in [9.17, 15) is 0 Å². The van der Waals surface area contributed by atoms with Crippen LogP contribution in [0.5, 0.6) is 11.8 Å². The van der Waals surface area contributed by atoms with E-state index in [2.05, 4.69) is 57.6 Å². The van der Waals surface area contributed by atoms with Crippen LogP contribution in [0, 0.1) is 0 Å². The van der Waals surface area contributed by atoms with Gasteiger partial charge in [0.1, 0.15) is 5.75 Å². The van der Waals surface area contributed by atoms with Gasteiger partial charge in [0, 0.05) is 10.5 Å². The molecule has 0 fully saturated rings. The average Bonchev–Trinajstić information content (AvgIpc) is 2.49. The van der Waals surface area contributed by atoms with Crippen LogP contribution < -0.4 is 26.1 Å². The number of hydrogen-bond acceptors (Lipinski definition) is 8. The van der Waals surface area contributed by atoms with E-state index in [1.807, 2.05) is 6.07 Å². The Hall–Kier alpha value is -1.65. The first-order valence-electron chi connectivity index (χ1n) is 5.64. The number of rotatable bonds is 5. The Kier molecular flexibility index (Phi) is 5.15. The largest absolute Gasteiger partial charge is 0.495 e. The van der Waals surface area contributed by atoms with Gasteiger partial charge in [-0.2, -0.15) is 15.0 Å². The van der Waals surface area contributed by atoms with E-state index in [4.69, 9.17) is 15.3 Å². The second kappa shape index (κ2) is 6.87. The summed E-state index contributed by atoms with van der Waals surface area (Å²) in [5.74, 6) is 6.44. The highest BCUT2D eigenvalue weighted by Crippen LogP contribution is 2.35. The van der Waals surface area contributed by atoms with Gasteiger partial charge in [-0.25, -0.2) is 5.84 Å². The van der Waals surface area contributed by atoms with Gasteiger partial charge in [0.2, 0.25) is 11.9 Å². The predicted octanol–water partition coefficient (Wildman–Crippen LogP) is 2.44. The quantitative estimate of drug-likeness (QED) is 0.501. The molecule has 112 valence electrons. The fourth-order valence-corrected chi connectivity index (χ4v) is 2.72. The second-order valence-corrected chi connectivity index (χ2v) is 5.41. The molecule has 10 heteroatoms. The number of hydrazine groups is 1. The minimum absolute atomic E-state index is 0.139. The van der Waals surface area contributed by atoms with E-state index in [1.165, 1.54) is 7.11 Å². The van der Waals surface area contributed by atoms with Crippen molar-refractivity contribution in [1.29, 1.82) is 0 Å². The van der Waals surface area contributed by atoms with Crippen LogP contribution in [0.3, 0.4) is 0 Å². The highest BCUT2D eigenvalue weighted by molar-refractivity contribution is 9.11. The van der Waals surface area contributed by atoms with Crippen LogP contribution in [0.2, 0.25) is 0 Å². The lowest BCUT2D eigenvalue weighted by atomic mass is 10.3. The molecule has 1 aromatic heterocycles. The number of nitrogens with two attached hydrogens (primary N) is 1. The SMILES string of the molecule is COc1nc(NN)nc(Nc2cc(OC)c(Br)cc2Br)n1. The van der Waals surface area contributed by atoms with Gasteiger partial charge in [0.05, 0.1) is 24.4 Å². The predicted molar refractivity (Wildman–Crippen MR) is 85.9 cm³/mol. The zero-order chi connectivity index (χ0) is 15.4. The Morgan fingerprint density at radius 3 is 2.33 bits per heavy atom. The summed E-state index contributed by atoms with van der Waals surface area (Å²) in [4.78, 5) is 12.1. The maximum atomic E-state index is 5.31. The molecule has 0 aliphatic rings. The third-order valence-electron chi connectivity index (χ3n) is 2.41. The number of benzene rings is 1. The van der Waals surface area contributed by atoms with Crippen molar-refractivity contribution in [3.05, 3.63) is 21.1 Å². The first-order chi connectivity index (χ1) is 10.1. The monoisotopic (exact) mass is 418 g/mol. The standard InChI is InChI=1S/C11H12Br2N6O2/c1-20-8-4-7(5(12)3-6(8)13)15-9-16-10(19-14)18-11(17-9)21-2/h3-4H,14H2,1-2H3,(H2,15,16,17,18,19).